The van der Waals surface area contributed by atoms with Crippen LogP contribution in [0, 0.1) is 5.92 Å². The molecule has 3 rings (SSSR count). The zero-order chi connectivity index (χ0) is 13.8. The van der Waals surface area contributed by atoms with Crippen LogP contribution in [0.3, 0.4) is 0 Å². The molecule has 0 unspecified atom stereocenters. The Morgan fingerprint density at radius 2 is 1.60 bits per heavy atom. The van der Waals surface area contributed by atoms with Gasteiger partial charge in [-0.15, -0.1) is 0 Å². The normalized spacial score (nSPS) is 27.8. The van der Waals surface area contributed by atoms with Crippen molar-refractivity contribution in [3.8, 4) is 0 Å². The molecule has 0 aromatic heterocycles. The maximum Gasteiger partial charge on any atom is 0.223 e. The monoisotopic (exact) mass is 279 g/mol. The van der Waals surface area contributed by atoms with Crippen LogP contribution >= 0.6 is 0 Å². The molecule has 0 bridgehead atoms. The molecule has 4 nitrogen and oxygen atoms in total. The molecule has 3 fully saturated rings. The molecule has 0 aromatic carbocycles. The summed E-state index contributed by atoms with van der Waals surface area (Å²) in [5, 5.41) is 6.63. The van der Waals surface area contributed by atoms with Gasteiger partial charge in [-0.25, -0.2) is 0 Å². The molecule has 114 valence electrons. The van der Waals surface area contributed by atoms with Gasteiger partial charge in [0.1, 0.15) is 0 Å². The highest BCUT2D eigenvalue weighted by Gasteiger charge is 2.29. The maximum absolute atomic E-state index is 12.3. The molecule has 0 aromatic rings. The Kier molecular flexibility index (Phi) is 4.94. The SMILES string of the molecule is O=C(NC1CCN(C2CCCC2)CC1)C1CCNCC1. The van der Waals surface area contributed by atoms with Crippen LogP contribution in [0.4, 0.5) is 0 Å². The van der Waals surface area contributed by atoms with E-state index < -0.39 is 0 Å². The Balaban J connectivity index is 1.40. The fraction of sp³-hybridized carbons (Fsp3) is 0.938. The van der Waals surface area contributed by atoms with Gasteiger partial charge >= 0.3 is 0 Å². The average molecular weight is 279 g/mol. The van der Waals surface area contributed by atoms with Crippen molar-refractivity contribution >= 4 is 5.91 Å². The smallest absolute Gasteiger partial charge is 0.223 e. The van der Waals surface area contributed by atoms with Crippen LogP contribution in [-0.4, -0.2) is 49.1 Å². The van der Waals surface area contributed by atoms with Gasteiger partial charge in [0.15, 0.2) is 0 Å². The molecule has 2 N–H and O–H groups in total. The summed E-state index contributed by atoms with van der Waals surface area (Å²) in [6, 6.07) is 1.27. The van der Waals surface area contributed by atoms with E-state index in [1.165, 1.54) is 38.8 Å². The first kappa shape index (κ1) is 14.3. The molecular weight excluding hydrogens is 250 g/mol. The first-order valence-electron chi connectivity index (χ1n) is 8.58. The third-order valence-corrected chi connectivity index (χ3v) is 5.43. The van der Waals surface area contributed by atoms with E-state index in [4.69, 9.17) is 0 Å². The lowest BCUT2D eigenvalue weighted by molar-refractivity contribution is -0.126. The van der Waals surface area contributed by atoms with Gasteiger partial charge in [0.25, 0.3) is 0 Å². The third kappa shape index (κ3) is 3.53. The summed E-state index contributed by atoms with van der Waals surface area (Å²) in [6.45, 7) is 4.36. The Bertz CT molecular complexity index is 314. The molecule has 0 radical (unpaired) electrons. The number of nitrogens with zero attached hydrogens (tertiary/aromatic N) is 1. The Hall–Kier alpha value is -0.610. The quantitative estimate of drug-likeness (QED) is 0.823. The summed E-state index contributed by atoms with van der Waals surface area (Å²) in [7, 11) is 0. The second-order valence-electron chi connectivity index (χ2n) is 6.78. The highest BCUT2D eigenvalue weighted by molar-refractivity contribution is 5.79. The van der Waals surface area contributed by atoms with Crippen LogP contribution in [0.2, 0.25) is 0 Å². The van der Waals surface area contributed by atoms with Crippen molar-refractivity contribution in [1.29, 1.82) is 0 Å². The number of nitrogens with one attached hydrogen (secondary N) is 2. The van der Waals surface area contributed by atoms with Crippen molar-refractivity contribution in [2.45, 2.75) is 63.5 Å². The van der Waals surface area contributed by atoms with Gasteiger partial charge in [0.2, 0.25) is 5.91 Å². The number of hydrogen-bond acceptors (Lipinski definition) is 3. The van der Waals surface area contributed by atoms with Crippen LogP contribution in [-0.2, 0) is 4.79 Å². The van der Waals surface area contributed by atoms with Gasteiger partial charge < -0.3 is 15.5 Å². The Morgan fingerprint density at radius 3 is 2.25 bits per heavy atom. The van der Waals surface area contributed by atoms with Crippen molar-refractivity contribution in [3.05, 3.63) is 0 Å². The predicted molar refractivity (Wildman–Crippen MR) is 80.6 cm³/mol. The van der Waals surface area contributed by atoms with Crippen molar-refractivity contribution in [1.82, 2.24) is 15.5 Å². The number of amides is 1. The third-order valence-electron chi connectivity index (χ3n) is 5.43. The number of hydrogen-bond donors (Lipinski definition) is 2. The first-order valence-corrected chi connectivity index (χ1v) is 8.58. The zero-order valence-corrected chi connectivity index (χ0v) is 12.6. The molecule has 0 atom stereocenters. The molecule has 2 aliphatic heterocycles. The number of rotatable bonds is 3. The van der Waals surface area contributed by atoms with Crippen LogP contribution in [0.5, 0.6) is 0 Å². The van der Waals surface area contributed by atoms with Gasteiger partial charge in [-0.05, 0) is 51.6 Å². The lowest BCUT2D eigenvalue weighted by atomic mass is 9.95. The van der Waals surface area contributed by atoms with E-state index in [0.29, 0.717) is 11.9 Å². The lowest BCUT2D eigenvalue weighted by Gasteiger charge is -2.36. The van der Waals surface area contributed by atoms with E-state index >= 15 is 0 Å². The van der Waals surface area contributed by atoms with E-state index in [1.807, 2.05) is 0 Å². The van der Waals surface area contributed by atoms with E-state index in [0.717, 1.165) is 44.8 Å². The topological polar surface area (TPSA) is 44.4 Å². The summed E-state index contributed by atoms with van der Waals surface area (Å²) in [5.74, 6) is 0.565. The van der Waals surface area contributed by atoms with E-state index in [1.54, 1.807) is 0 Å². The molecule has 20 heavy (non-hydrogen) atoms. The molecule has 1 amide bonds. The Morgan fingerprint density at radius 1 is 0.950 bits per heavy atom. The second kappa shape index (κ2) is 6.90. The van der Waals surface area contributed by atoms with Crippen molar-refractivity contribution < 1.29 is 4.79 Å². The fourth-order valence-electron chi connectivity index (χ4n) is 4.08. The molecule has 2 saturated heterocycles. The average Bonchev–Trinajstić information content (AvgIpc) is 3.03. The molecule has 0 spiro atoms. The molecular formula is C16H29N3O. The highest BCUT2D eigenvalue weighted by atomic mass is 16.1. The minimum atomic E-state index is 0.254. The van der Waals surface area contributed by atoms with Crippen LogP contribution < -0.4 is 10.6 Å². The summed E-state index contributed by atoms with van der Waals surface area (Å²) >= 11 is 0. The van der Waals surface area contributed by atoms with Crippen LogP contribution in [0.1, 0.15) is 51.4 Å². The number of carbonyl (C=O) groups is 1. The maximum atomic E-state index is 12.3. The number of likely N-dealkylation sites (tertiary alicyclic amines) is 1. The van der Waals surface area contributed by atoms with Gasteiger partial charge in [-0.2, -0.15) is 0 Å². The van der Waals surface area contributed by atoms with Gasteiger partial charge in [-0.1, -0.05) is 12.8 Å². The molecule has 2 heterocycles. The van der Waals surface area contributed by atoms with E-state index in [-0.39, 0.29) is 5.92 Å². The van der Waals surface area contributed by atoms with Gasteiger partial charge in [0.05, 0.1) is 0 Å². The van der Waals surface area contributed by atoms with Crippen molar-refractivity contribution in [2.75, 3.05) is 26.2 Å². The number of piperidine rings is 2. The van der Waals surface area contributed by atoms with Gasteiger partial charge in [0, 0.05) is 31.1 Å². The predicted octanol–water partition coefficient (Wildman–Crippen LogP) is 1.51. The van der Waals surface area contributed by atoms with E-state index in [2.05, 4.69) is 15.5 Å². The standard InChI is InChI=1S/C16H29N3O/c20-16(13-5-9-17-10-6-13)18-14-7-11-19(12-8-14)15-3-1-2-4-15/h13-15,17H,1-12H2,(H,18,20). The highest BCUT2D eigenvalue weighted by Crippen LogP contribution is 2.26. The lowest BCUT2D eigenvalue weighted by Crippen LogP contribution is -2.49. The molecule has 1 saturated carbocycles. The van der Waals surface area contributed by atoms with Crippen molar-refractivity contribution in [3.63, 3.8) is 0 Å². The van der Waals surface area contributed by atoms with Gasteiger partial charge in [-0.3, -0.25) is 4.79 Å². The zero-order valence-electron chi connectivity index (χ0n) is 12.6. The summed E-state index contributed by atoms with van der Waals surface area (Å²) in [4.78, 5) is 14.9. The molecule has 3 aliphatic rings. The number of carbonyl (C=O) groups excluding carboxylic acids is 1. The minimum Gasteiger partial charge on any atom is -0.353 e. The second-order valence-corrected chi connectivity index (χ2v) is 6.78. The minimum absolute atomic E-state index is 0.254. The largest absolute Gasteiger partial charge is 0.353 e. The van der Waals surface area contributed by atoms with Crippen LogP contribution in [0.15, 0.2) is 0 Å². The Labute approximate surface area is 122 Å². The van der Waals surface area contributed by atoms with E-state index in [9.17, 15) is 4.79 Å². The summed E-state index contributed by atoms with van der Waals surface area (Å²) in [5.41, 5.74) is 0. The summed E-state index contributed by atoms with van der Waals surface area (Å²) < 4.78 is 0. The summed E-state index contributed by atoms with van der Waals surface area (Å²) in [6.07, 6.45) is 9.92. The van der Waals surface area contributed by atoms with Crippen LogP contribution in [0.25, 0.3) is 0 Å². The first-order chi connectivity index (χ1) is 9.83. The van der Waals surface area contributed by atoms with Crippen molar-refractivity contribution in [2.24, 2.45) is 5.92 Å². The fourth-order valence-corrected chi connectivity index (χ4v) is 4.08. The molecule has 4 heteroatoms. The molecule has 1 aliphatic carbocycles.